The molecule has 96 valence electrons. The molecule has 0 bridgehead atoms. The molecule has 1 saturated carbocycles. The van der Waals surface area contributed by atoms with Crippen molar-refractivity contribution in [3.05, 3.63) is 16.5 Å². The zero-order valence-electron chi connectivity index (χ0n) is 10.7. The van der Waals surface area contributed by atoms with E-state index < -0.39 is 0 Å². The van der Waals surface area contributed by atoms with Gasteiger partial charge in [-0.25, -0.2) is 4.98 Å². The van der Waals surface area contributed by atoms with Gasteiger partial charge in [-0.1, -0.05) is 19.0 Å². The number of hydrogen-bond donors (Lipinski definition) is 1. The second kappa shape index (κ2) is 3.86. The average Bonchev–Trinajstić information content (AvgIpc) is 2.74. The van der Waals surface area contributed by atoms with Crippen LogP contribution < -0.4 is 5.73 Å². The van der Waals surface area contributed by atoms with Crippen LogP contribution in [0, 0.1) is 12.3 Å². The molecule has 0 amide bonds. The van der Waals surface area contributed by atoms with Crippen LogP contribution in [0.4, 0.5) is 0 Å². The SMILES string of the molecule is Cc1nc(CN)sc1-c1nc(C2CC2(C)C)no1. The van der Waals surface area contributed by atoms with Crippen LogP contribution in [-0.4, -0.2) is 15.1 Å². The first kappa shape index (κ1) is 11.8. The second-order valence-corrected chi connectivity index (χ2v) is 6.51. The number of aryl methyl sites for hydroxylation is 1. The fourth-order valence-electron chi connectivity index (χ4n) is 2.11. The van der Waals surface area contributed by atoms with Gasteiger partial charge in [-0.2, -0.15) is 4.98 Å². The molecule has 2 N–H and O–H groups in total. The topological polar surface area (TPSA) is 77.8 Å². The summed E-state index contributed by atoms with van der Waals surface area (Å²) in [5.41, 5.74) is 6.81. The Morgan fingerprint density at radius 3 is 2.72 bits per heavy atom. The molecule has 2 aromatic heterocycles. The smallest absolute Gasteiger partial charge is 0.269 e. The summed E-state index contributed by atoms with van der Waals surface area (Å²) >= 11 is 1.53. The first-order chi connectivity index (χ1) is 8.51. The number of hydrogen-bond acceptors (Lipinski definition) is 6. The van der Waals surface area contributed by atoms with Crippen LogP contribution in [0.2, 0.25) is 0 Å². The molecular formula is C12H16N4OS. The van der Waals surface area contributed by atoms with Gasteiger partial charge >= 0.3 is 0 Å². The first-order valence-corrected chi connectivity index (χ1v) is 6.83. The molecule has 0 radical (unpaired) electrons. The van der Waals surface area contributed by atoms with Crippen LogP contribution in [0.25, 0.3) is 10.8 Å². The van der Waals surface area contributed by atoms with E-state index >= 15 is 0 Å². The lowest BCUT2D eigenvalue weighted by molar-refractivity contribution is 0.420. The van der Waals surface area contributed by atoms with Crippen molar-refractivity contribution in [3.8, 4) is 10.8 Å². The van der Waals surface area contributed by atoms with Gasteiger partial charge in [0.15, 0.2) is 5.82 Å². The third kappa shape index (κ3) is 1.85. The van der Waals surface area contributed by atoms with Crippen molar-refractivity contribution in [2.24, 2.45) is 11.1 Å². The summed E-state index contributed by atoms with van der Waals surface area (Å²) in [6.45, 7) is 6.83. The Morgan fingerprint density at radius 1 is 1.44 bits per heavy atom. The van der Waals surface area contributed by atoms with Crippen LogP contribution in [0.5, 0.6) is 0 Å². The molecule has 1 atom stereocenters. The minimum atomic E-state index is 0.312. The predicted molar refractivity (Wildman–Crippen MR) is 69.2 cm³/mol. The molecule has 3 rings (SSSR count). The van der Waals surface area contributed by atoms with E-state index in [-0.39, 0.29) is 0 Å². The van der Waals surface area contributed by atoms with E-state index in [0.29, 0.717) is 23.8 Å². The monoisotopic (exact) mass is 264 g/mol. The van der Waals surface area contributed by atoms with Crippen molar-refractivity contribution in [1.29, 1.82) is 0 Å². The van der Waals surface area contributed by atoms with Gasteiger partial charge in [-0.05, 0) is 18.8 Å². The molecule has 2 aromatic rings. The summed E-state index contributed by atoms with van der Waals surface area (Å²) < 4.78 is 5.35. The zero-order valence-corrected chi connectivity index (χ0v) is 11.5. The Labute approximate surface area is 109 Å². The Morgan fingerprint density at radius 2 is 2.17 bits per heavy atom. The average molecular weight is 264 g/mol. The molecule has 1 unspecified atom stereocenters. The Balaban J connectivity index is 1.91. The Bertz CT molecular complexity index is 587. The Kier molecular flexibility index (Phi) is 2.53. The fourth-order valence-corrected chi connectivity index (χ4v) is 2.98. The molecule has 0 saturated heterocycles. The highest BCUT2D eigenvalue weighted by Gasteiger charge is 2.49. The van der Waals surface area contributed by atoms with E-state index in [9.17, 15) is 0 Å². The van der Waals surface area contributed by atoms with Gasteiger partial charge in [-0.3, -0.25) is 0 Å². The van der Waals surface area contributed by atoms with Gasteiger partial charge in [0, 0.05) is 12.5 Å². The van der Waals surface area contributed by atoms with Crippen LogP contribution in [-0.2, 0) is 6.54 Å². The third-order valence-electron chi connectivity index (χ3n) is 3.48. The van der Waals surface area contributed by atoms with Gasteiger partial charge in [-0.15, -0.1) is 11.3 Å². The largest absolute Gasteiger partial charge is 0.333 e. The van der Waals surface area contributed by atoms with Crippen molar-refractivity contribution >= 4 is 11.3 Å². The highest BCUT2D eigenvalue weighted by molar-refractivity contribution is 7.15. The van der Waals surface area contributed by atoms with Gasteiger partial charge in [0.25, 0.3) is 5.89 Å². The van der Waals surface area contributed by atoms with Crippen LogP contribution >= 0.6 is 11.3 Å². The highest BCUT2D eigenvalue weighted by Crippen LogP contribution is 2.57. The van der Waals surface area contributed by atoms with Crippen LogP contribution in [0.1, 0.15) is 42.7 Å². The van der Waals surface area contributed by atoms with E-state index in [2.05, 4.69) is 29.0 Å². The Hall–Kier alpha value is -1.27. The van der Waals surface area contributed by atoms with Crippen LogP contribution in [0.3, 0.4) is 0 Å². The standard InChI is InChI=1S/C12H16N4OS/c1-6-9(18-8(5-13)14-6)11-15-10(16-17-11)7-4-12(7,2)3/h7H,4-5,13H2,1-3H3. The maximum atomic E-state index is 5.59. The molecule has 6 heteroatoms. The summed E-state index contributed by atoms with van der Waals surface area (Å²) in [5, 5.41) is 4.99. The number of nitrogens with zero attached hydrogens (tertiary/aromatic N) is 3. The van der Waals surface area contributed by atoms with Crippen molar-refractivity contribution in [2.75, 3.05) is 0 Å². The zero-order chi connectivity index (χ0) is 12.9. The molecule has 0 aliphatic heterocycles. The molecule has 1 fully saturated rings. The van der Waals surface area contributed by atoms with Crippen LogP contribution in [0.15, 0.2) is 4.52 Å². The normalized spacial score (nSPS) is 21.2. The molecule has 18 heavy (non-hydrogen) atoms. The van der Waals surface area contributed by atoms with E-state index in [0.717, 1.165) is 27.8 Å². The van der Waals surface area contributed by atoms with Gasteiger partial charge in [0.05, 0.1) is 5.69 Å². The third-order valence-corrected chi connectivity index (χ3v) is 4.64. The lowest BCUT2D eigenvalue weighted by Crippen LogP contribution is -1.94. The van der Waals surface area contributed by atoms with E-state index in [4.69, 9.17) is 10.3 Å². The minimum Gasteiger partial charge on any atom is -0.333 e. The minimum absolute atomic E-state index is 0.312. The maximum Gasteiger partial charge on any atom is 0.269 e. The summed E-state index contributed by atoms with van der Waals surface area (Å²) in [6, 6.07) is 0. The first-order valence-electron chi connectivity index (χ1n) is 6.01. The van der Waals surface area contributed by atoms with Crippen molar-refractivity contribution in [1.82, 2.24) is 15.1 Å². The highest BCUT2D eigenvalue weighted by atomic mass is 32.1. The molecule has 2 heterocycles. The fraction of sp³-hybridized carbons (Fsp3) is 0.583. The lowest BCUT2D eigenvalue weighted by atomic mass is 10.1. The lowest BCUT2D eigenvalue weighted by Gasteiger charge is -1.95. The molecule has 1 aliphatic carbocycles. The number of nitrogens with two attached hydrogens (primary N) is 1. The van der Waals surface area contributed by atoms with Gasteiger partial charge in [0.2, 0.25) is 0 Å². The van der Waals surface area contributed by atoms with Gasteiger partial charge < -0.3 is 10.3 Å². The summed E-state index contributed by atoms with van der Waals surface area (Å²) in [5.74, 6) is 1.82. The predicted octanol–water partition coefficient (Wildman–Crippen LogP) is 2.47. The quantitative estimate of drug-likeness (QED) is 0.921. The summed E-state index contributed by atoms with van der Waals surface area (Å²) in [4.78, 5) is 9.81. The molecule has 5 nitrogen and oxygen atoms in total. The number of rotatable bonds is 3. The van der Waals surface area contributed by atoms with Crippen molar-refractivity contribution in [2.45, 2.75) is 39.7 Å². The van der Waals surface area contributed by atoms with Gasteiger partial charge in [0.1, 0.15) is 9.88 Å². The number of thiazole rings is 1. The molecule has 0 aromatic carbocycles. The molecule has 1 aliphatic rings. The summed E-state index contributed by atoms with van der Waals surface area (Å²) in [7, 11) is 0. The van der Waals surface area contributed by atoms with Crippen molar-refractivity contribution < 1.29 is 4.52 Å². The van der Waals surface area contributed by atoms with Crippen molar-refractivity contribution in [3.63, 3.8) is 0 Å². The van der Waals surface area contributed by atoms with E-state index in [1.807, 2.05) is 6.92 Å². The number of aromatic nitrogens is 3. The molecular weight excluding hydrogens is 248 g/mol. The second-order valence-electron chi connectivity index (χ2n) is 5.43. The summed E-state index contributed by atoms with van der Waals surface area (Å²) in [6.07, 6.45) is 1.13. The van der Waals surface area contributed by atoms with E-state index in [1.54, 1.807) is 0 Å². The molecule has 0 spiro atoms. The maximum absolute atomic E-state index is 5.59. The van der Waals surface area contributed by atoms with E-state index in [1.165, 1.54) is 11.3 Å².